The maximum absolute atomic E-state index is 12.0. The van der Waals surface area contributed by atoms with E-state index < -0.39 is 0 Å². The van der Waals surface area contributed by atoms with Crippen molar-refractivity contribution >= 4 is 40.7 Å². The molecule has 2 rings (SSSR count). The van der Waals surface area contributed by atoms with Crippen LogP contribution in [-0.4, -0.2) is 18.4 Å². The molecule has 2 amide bonds. The highest BCUT2D eigenvalue weighted by Crippen LogP contribution is 2.39. The quantitative estimate of drug-likeness (QED) is 0.821. The Balaban J connectivity index is 1.90. The van der Waals surface area contributed by atoms with Gasteiger partial charge in [0.25, 0.3) is 0 Å². The van der Waals surface area contributed by atoms with Crippen LogP contribution in [0.4, 0.5) is 5.69 Å². The monoisotopic (exact) mass is 312 g/mol. The standard InChI is InChI=1S/C14H14Cl2N2O2/c1-2-3-17-13(19)11-7-12(11)14(20)18-10-5-8(15)4-9(16)6-10/h2,4-6,11-12H,1,3,7H2,(H,17,19)(H,18,20). The smallest absolute Gasteiger partial charge is 0.228 e. The first-order valence-corrected chi connectivity index (χ1v) is 6.92. The molecule has 1 aromatic rings. The Morgan fingerprint density at radius 1 is 1.20 bits per heavy atom. The van der Waals surface area contributed by atoms with Gasteiger partial charge in [-0.05, 0) is 24.6 Å². The van der Waals surface area contributed by atoms with E-state index in [1.807, 2.05) is 0 Å². The van der Waals surface area contributed by atoms with E-state index in [4.69, 9.17) is 23.2 Å². The molecule has 2 N–H and O–H groups in total. The fourth-order valence-corrected chi connectivity index (χ4v) is 2.47. The third-order valence-electron chi connectivity index (χ3n) is 3.01. The second kappa shape index (κ2) is 6.29. The first-order chi connectivity index (χ1) is 9.51. The van der Waals surface area contributed by atoms with Crippen LogP contribution >= 0.6 is 23.2 Å². The number of nitrogens with one attached hydrogen (secondary N) is 2. The molecular formula is C14H14Cl2N2O2. The second-order valence-electron chi connectivity index (χ2n) is 4.63. The SMILES string of the molecule is C=CCNC(=O)C1CC1C(=O)Nc1cc(Cl)cc(Cl)c1. The summed E-state index contributed by atoms with van der Waals surface area (Å²) in [4.78, 5) is 23.6. The van der Waals surface area contributed by atoms with Crippen molar-refractivity contribution in [3.63, 3.8) is 0 Å². The molecule has 1 saturated carbocycles. The molecule has 1 aromatic carbocycles. The van der Waals surface area contributed by atoms with Gasteiger partial charge in [0.2, 0.25) is 11.8 Å². The summed E-state index contributed by atoms with van der Waals surface area (Å²) in [6.45, 7) is 3.93. The van der Waals surface area contributed by atoms with Gasteiger partial charge in [-0.25, -0.2) is 0 Å². The normalized spacial score (nSPS) is 20.1. The number of carbonyl (C=O) groups excluding carboxylic acids is 2. The lowest BCUT2D eigenvalue weighted by Crippen LogP contribution is -2.27. The molecule has 0 spiro atoms. The lowest BCUT2D eigenvalue weighted by molar-refractivity contribution is -0.125. The van der Waals surface area contributed by atoms with Gasteiger partial charge >= 0.3 is 0 Å². The Labute approximate surface area is 127 Å². The van der Waals surface area contributed by atoms with Crippen LogP contribution in [0.1, 0.15) is 6.42 Å². The number of amides is 2. The summed E-state index contributed by atoms with van der Waals surface area (Å²) in [6.07, 6.45) is 2.16. The van der Waals surface area contributed by atoms with Gasteiger partial charge in [0.15, 0.2) is 0 Å². The summed E-state index contributed by atoms with van der Waals surface area (Å²) in [6, 6.07) is 4.81. The minimum atomic E-state index is -0.294. The van der Waals surface area contributed by atoms with Gasteiger partial charge in [0.1, 0.15) is 0 Å². The van der Waals surface area contributed by atoms with E-state index >= 15 is 0 Å². The number of hydrogen-bond acceptors (Lipinski definition) is 2. The molecule has 0 radical (unpaired) electrons. The third kappa shape index (κ3) is 3.74. The van der Waals surface area contributed by atoms with E-state index in [1.54, 1.807) is 24.3 Å². The zero-order valence-electron chi connectivity index (χ0n) is 10.7. The average Bonchev–Trinajstić information content (AvgIpc) is 3.14. The van der Waals surface area contributed by atoms with Crippen LogP contribution in [0.25, 0.3) is 0 Å². The molecule has 4 nitrogen and oxygen atoms in total. The van der Waals surface area contributed by atoms with Gasteiger partial charge in [-0.2, -0.15) is 0 Å². The van der Waals surface area contributed by atoms with Gasteiger partial charge in [0, 0.05) is 22.3 Å². The summed E-state index contributed by atoms with van der Waals surface area (Å²) < 4.78 is 0. The minimum absolute atomic E-state index is 0.117. The van der Waals surface area contributed by atoms with Crippen LogP contribution in [0.15, 0.2) is 30.9 Å². The molecule has 20 heavy (non-hydrogen) atoms. The van der Waals surface area contributed by atoms with E-state index in [0.717, 1.165) is 0 Å². The lowest BCUT2D eigenvalue weighted by atomic mass is 10.2. The Bertz CT molecular complexity index is 540. The van der Waals surface area contributed by atoms with Gasteiger partial charge in [-0.3, -0.25) is 9.59 Å². The number of halogens is 2. The van der Waals surface area contributed by atoms with Crippen molar-refractivity contribution in [2.45, 2.75) is 6.42 Å². The van der Waals surface area contributed by atoms with Crippen molar-refractivity contribution in [2.75, 3.05) is 11.9 Å². The predicted molar refractivity (Wildman–Crippen MR) is 79.9 cm³/mol. The number of anilines is 1. The minimum Gasteiger partial charge on any atom is -0.352 e. The van der Waals surface area contributed by atoms with Crippen molar-refractivity contribution in [1.82, 2.24) is 5.32 Å². The number of rotatable bonds is 5. The highest BCUT2D eigenvalue weighted by atomic mass is 35.5. The summed E-state index contributed by atoms with van der Waals surface area (Å²) >= 11 is 11.7. The molecule has 2 atom stereocenters. The van der Waals surface area contributed by atoms with Gasteiger partial charge in [0.05, 0.1) is 11.8 Å². The van der Waals surface area contributed by atoms with E-state index in [1.165, 1.54) is 0 Å². The number of benzene rings is 1. The highest BCUT2D eigenvalue weighted by molar-refractivity contribution is 6.35. The van der Waals surface area contributed by atoms with Crippen LogP contribution in [-0.2, 0) is 9.59 Å². The van der Waals surface area contributed by atoms with E-state index in [-0.39, 0.29) is 23.7 Å². The van der Waals surface area contributed by atoms with Crippen molar-refractivity contribution in [3.8, 4) is 0 Å². The molecule has 1 fully saturated rings. The average molecular weight is 313 g/mol. The fourth-order valence-electron chi connectivity index (χ4n) is 1.94. The van der Waals surface area contributed by atoms with E-state index in [0.29, 0.717) is 28.7 Å². The van der Waals surface area contributed by atoms with Crippen LogP contribution in [0, 0.1) is 11.8 Å². The number of hydrogen-bond donors (Lipinski definition) is 2. The highest BCUT2D eigenvalue weighted by Gasteiger charge is 2.47. The molecule has 0 aliphatic heterocycles. The Morgan fingerprint density at radius 3 is 2.40 bits per heavy atom. The van der Waals surface area contributed by atoms with Crippen LogP contribution in [0.2, 0.25) is 10.0 Å². The molecule has 106 valence electrons. The fraction of sp³-hybridized carbons (Fsp3) is 0.286. The van der Waals surface area contributed by atoms with Crippen LogP contribution < -0.4 is 10.6 Å². The largest absolute Gasteiger partial charge is 0.352 e. The van der Waals surface area contributed by atoms with E-state index in [2.05, 4.69) is 17.2 Å². The summed E-state index contributed by atoms with van der Waals surface area (Å²) in [5.41, 5.74) is 0.532. The van der Waals surface area contributed by atoms with Crippen LogP contribution in [0.5, 0.6) is 0 Å². The van der Waals surface area contributed by atoms with E-state index in [9.17, 15) is 9.59 Å². The third-order valence-corrected chi connectivity index (χ3v) is 3.45. The number of carbonyl (C=O) groups is 2. The maximum atomic E-state index is 12.0. The first-order valence-electron chi connectivity index (χ1n) is 6.17. The Kier molecular flexibility index (Phi) is 4.68. The van der Waals surface area contributed by atoms with Crippen LogP contribution in [0.3, 0.4) is 0 Å². The Hall–Kier alpha value is -1.52. The van der Waals surface area contributed by atoms with Gasteiger partial charge in [-0.15, -0.1) is 6.58 Å². The molecule has 1 aliphatic carbocycles. The Morgan fingerprint density at radius 2 is 1.80 bits per heavy atom. The molecule has 1 aliphatic rings. The molecule has 2 unspecified atom stereocenters. The predicted octanol–water partition coefficient (Wildman–Crippen LogP) is 2.87. The van der Waals surface area contributed by atoms with Crippen molar-refractivity contribution in [2.24, 2.45) is 11.8 Å². The molecule has 0 saturated heterocycles. The topological polar surface area (TPSA) is 58.2 Å². The molecule has 0 aromatic heterocycles. The molecule has 6 heteroatoms. The zero-order chi connectivity index (χ0) is 14.7. The van der Waals surface area contributed by atoms with Gasteiger partial charge in [-0.1, -0.05) is 29.3 Å². The summed E-state index contributed by atoms with van der Waals surface area (Å²) in [5.74, 6) is -0.863. The zero-order valence-corrected chi connectivity index (χ0v) is 12.2. The molecule has 0 heterocycles. The molecular weight excluding hydrogens is 299 g/mol. The lowest BCUT2D eigenvalue weighted by Gasteiger charge is -2.06. The summed E-state index contributed by atoms with van der Waals surface area (Å²) in [5, 5.41) is 6.30. The van der Waals surface area contributed by atoms with Crippen molar-refractivity contribution in [1.29, 1.82) is 0 Å². The maximum Gasteiger partial charge on any atom is 0.228 e. The summed E-state index contributed by atoms with van der Waals surface area (Å²) in [7, 11) is 0. The second-order valence-corrected chi connectivity index (χ2v) is 5.50. The van der Waals surface area contributed by atoms with Crippen molar-refractivity contribution in [3.05, 3.63) is 40.9 Å². The van der Waals surface area contributed by atoms with Gasteiger partial charge < -0.3 is 10.6 Å². The molecule has 0 bridgehead atoms. The van der Waals surface area contributed by atoms with Crippen molar-refractivity contribution < 1.29 is 9.59 Å². The first kappa shape index (κ1) is 14.9.